The molecule has 0 saturated heterocycles. The number of hydrogen-bond acceptors (Lipinski definition) is 3. The van der Waals surface area contributed by atoms with Crippen LogP contribution in [0.25, 0.3) is 0 Å². The second-order valence-corrected chi connectivity index (χ2v) is 3.69. The van der Waals surface area contributed by atoms with E-state index in [0.717, 1.165) is 0 Å². The fourth-order valence-electron chi connectivity index (χ4n) is 1.42. The zero-order valence-corrected chi connectivity index (χ0v) is 8.95. The first-order chi connectivity index (χ1) is 6.97. The number of nitrogens with two attached hydrogens (primary N) is 1. The third-order valence-electron chi connectivity index (χ3n) is 2.24. The Labute approximate surface area is 92.3 Å². The Balaban J connectivity index is 3.24. The fourth-order valence-corrected chi connectivity index (χ4v) is 1.59. The van der Waals surface area contributed by atoms with Crippen LogP contribution in [-0.4, -0.2) is 22.7 Å². The molecule has 0 spiro atoms. The topological polar surface area (TPSA) is 83.5 Å². The number of carbonyl (C=O) groups is 1. The average molecular weight is 230 g/mol. The highest BCUT2D eigenvalue weighted by Crippen LogP contribution is 2.30. The molecular formula is C10H12ClNO3. The molecule has 0 aliphatic heterocycles. The third kappa shape index (κ3) is 2.40. The molecule has 0 radical (unpaired) electrons. The number of phenols is 1. The second kappa shape index (κ2) is 4.51. The van der Waals surface area contributed by atoms with Crippen molar-refractivity contribution in [2.45, 2.75) is 12.8 Å². The molecule has 1 aromatic rings. The maximum atomic E-state index is 10.9. The Kier molecular flexibility index (Phi) is 3.55. The van der Waals surface area contributed by atoms with Crippen LogP contribution in [0.5, 0.6) is 5.75 Å². The quantitative estimate of drug-likeness (QED) is 0.733. The van der Waals surface area contributed by atoms with Gasteiger partial charge in [0.05, 0.1) is 10.9 Å². The van der Waals surface area contributed by atoms with Crippen LogP contribution in [0.4, 0.5) is 0 Å². The number of aliphatic carboxylic acids is 1. The standard InChI is InChI=1S/C10H12ClNO3/c1-5-2-9(13)8(11)3-6(5)7(4-12)10(14)15/h2-3,7,13H,4,12H2,1H3,(H,14,15). The molecule has 5 heteroatoms. The van der Waals surface area contributed by atoms with Crippen LogP contribution in [0.1, 0.15) is 17.0 Å². The Morgan fingerprint density at radius 3 is 2.67 bits per heavy atom. The van der Waals surface area contributed by atoms with Gasteiger partial charge in [-0.2, -0.15) is 0 Å². The molecule has 4 nitrogen and oxygen atoms in total. The zero-order chi connectivity index (χ0) is 11.6. The van der Waals surface area contributed by atoms with Crippen molar-refractivity contribution in [1.29, 1.82) is 0 Å². The smallest absolute Gasteiger partial charge is 0.312 e. The molecule has 1 unspecified atom stereocenters. The zero-order valence-electron chi connectivity index (χ0n) is 8.20. The van der Waals surface area contributed by atoms with Crippen LogP contribution < -0.4 is 5.73 Å². The molecule has 0 fully saturated rings. The van der Waals surface area contributed by atoms with E-state index in [9.17, 15) is 9.90 Å². The summed E-state index contributed by atoms with van der Waals surface area (Å²) >= 11 is 5.71. The lowest BCUT2D eigenvalue weighted by Gasteiger charge is -2.14. The summed E-state index contributed by atoms with van der Waals surface area (Å²) in [6.07, 6.45) is 0. The van der Waals surface area contributed by atoms with Crippen LogP contribution in [0, 0.1) is 6.92 Å². The number of phenolic OH excluding ortho intramolecular Hbond substituents is 1. The average Bonchev–Trinajstić information content (AvgIpc) is 2.14. The predicted molar refractivity (Wildman–Crippen MR) is 57.3 cm³/mol. The van der Waals surface area contributed by atoms with Gasteiger partial charge in [-0.3, -0.25) is 4.79 Å². The monoisotopic (exact) mass is 229 g/mol. The SMILES string of the molecule is Cc1cc(O)c(Cl)cc1C(CN)C(=O)O. The molecular weight excluding hydrogens is 218 g/mol. The van der Waals surface area contributed by atoms with E-state index in [2.05, 4.69) is 0 Å². The third-order valence-corrected chi connectivity index (χ3v) is 2.55. The summed E-state index contributed by atoms with van der Waals surface area (Å²) in [5.41, 5.74) is 6.57. The molecule has 0 amide bonds. The van der Waals surface area contributed by atoms with E-state index in [4.69, 9.17) is 22.4 Å². The predicted octanol–water partition coefficient (Wildman–Crippen LogP) is 1.48. The van der Waals surface area contributed by atoms with Crippen molar-refractivity contribution in [3.8, 4) is 5.75 Å². The number of carboxylic acids is 1. The van der Waals surface area contributed by atoms with Crippen LogP contribution in [0.3, 0.4) is 0 Å². The first kappa shape index (κ1) is 11.8. The Bertz CT molecular complexity index is 392. The number of benzene rings is 1. The number of aryl methyl sites for hydroxylation is 1. The van der Waals surface area contributed by atoms with Crippen molar-refractivity contribution in [2.24, 2.45) is 5.73 Å². The summed E-state index contributed by atoms with van der Waals surface area (Å²) < 4.78 is 0. The highest BCUT2D eigenvalue weighted by molar-refractivity contribution is 6.32. The summed E-state index contributed by atoms with van der Waals surface area (Å²) in [6.45, 7) is 1.70. The second-order valence-electron chi connectivity index (χ2n) is 3.29. The molecule has 0 saturated carbocycles. The van der Waals surface area contributed by atoms with Gasteiger partial charge in [-0.15, -0.1) is 0 Å². The van der Waals surface area contributed by atoms with Crippen LogP contribution in [0.15, 0.2) is 12.1 Å². The van der Waals surface area contributed by atoms with Crippen molar-refractivity contribution in [3.05, 3.63) is 28.3 Å². The van der Waals surface area contributed by atoms with Gasteiger partial charge in [0.2, 0.25) is 0 Å². The lowest BCUT2D eigenvalue weighted by atomic mass is 9.95. The van der Waals surface area contributed by atoms with Gasteiger partial charge in [-0.1, -0.05) is 11.6 Å². The Morgan fingerprint density at radius 2 is 2.20 bits per heavy atom. The number of hydrogen-bond donors (Lipinski definition) is 3. The molecule has 82 valence electrons. The fraction of sp³-hybridized carbons (Fsp3) is 0.300. The number of carboxylic acid groups (broad SMARTS) is 1. The summed E-state index contributed by atoms with van der Waals surface area (Å²) in [5.74, 6) is -1.84. The van der Waals surface area contributed by atoms with Crippen molar-refractivity contribution in [1.82, 2.24) is 0 Å². The molecule has 0 bridgehead atoms. The van der Waals surface area contributed by atoms with Gasteiger partial charge in [0, 0.05) is 6.54 Å². The van der Waals surface area contributed by atoms with Crippen LogP contribution >= 0.6 is 11.6 Å². The summed E-state index contributed by atoms with van der Waals surface area (Å²) in [7, 11) is 0. The van der Waals surface area contributed by atoms with Crippen molar-refractivity contribution < 1.29 is 15.0 Å². The van der Waals surface area contributed by atoms with E-state index in [1.807, 2.05) is 0 Å². The van der Waals surface area contributed by atoms with Crippen LogP contribution in [-0.2, 0) is 4.79 Å². The van der Waals surface area contributed by atoms with Crippen LogP contribution in [0.2, 0.25) is 5.02 Å². The van der Waals surface area contributed by atoms with E-state index in [1.54, 1.807) is 6.92 Å². The van der Waals surface area contributed by atoms with Gasteiger partial charge in [0.15, 0.2) is 0 Å². The van der Waals surface area contributed by atoms with Gasteiger partial charge in [0.1, 0.15) is 5.75 Å². The van der Waals surface area contributed by atoms with E-state index in [-0.39, 0.29) is 17.3 Å². The highest BCUT2D eigenvalue weighted by Gasteiger charge is 2.21. The summed E-state index contributed by atoms with van der Waals surface area (Å²) in [4.78, 5) is 10.9. The minimum Gasteiger partial charge on any atom is -0.506 e. The molecule has 1 aromatic carbocycles. The van der Waals surface area contributed by atoms with Gasteiger partial charge in [-0.05, 0) is 30.2 Å². The highest BCUT2D eigenvalue weighted by atomic mass is 35.5. The lowest BCUT2D eigenvalue weighted by Crippen LogP contribution is -2.21. The normalized spacial score (nSPS) is 12.5. The number of halogens is 1. The molecule has 15 heavy (non-hydrogen) atoms. The lowest BCUT2D eigenvalue weighted by molar-refractivity contribution is -0.138. The molecule has 1 atom stereocenters. The van der Waals surface area contributed by atoms with E-state index >= 15 is 0 Å². The summed E-state index contributed by atoms with van der Waals surface area (Å²) in [6, 6.07) is 2.88. The Morgan fingerprint density at radius 1 is 1.60 bits per heavy atom. The first-order valence-corrected chi connectivity index (χ1v) is 4.77. The molecule has 0 aromatic heterocycles. The van der Waals surface area contributed by atoms with E-state index in [0.29, 0.717) is 11.1 Å². The van der Waals surface area contributed by atoms with Gasteiger partial charge >= 0.3 is 5.97 Å². The molecule has 1 rings (SSSR count). The van der Waals surface area contributed by atoms with E-state index < -0.39 is 11.9 Å². The minimum atomic E-state index is -0.998. The van der Waals surface area contributed by atoms with Crippen molar-refractivity contribution in [3.63, 3.8) is 0 Å². The van der Waals surface area contributed by atoms with Gasteiger partial charge in [-0.25, -0.2) is 0 Å². The summed E-state index contributed by atoms with van der Waals surface area (Å²) in [5, 5.41) is 18.4. The molecule has 4 N–H and O–H groups in total. The number of rotatable bonds is 3. The largest absolute Gasteiger partial charge is 0.506 e. The molecule has 0 aliphatic carbocycles. The van der Waals surface area contributed by atoms with Crippen molar-refractivity contribution in [2.75, 3.05) is 6.54 Å². The number of aromatic hydroxyl groups is 1. The van der Waals surface area contributed by atoms with E-state index in [1.165, 1.54) is 12.1 Å². The first-order valence-electron chi connectivity index (χ1n) is 4.39. The minimum absolute atomic E-state index is 0.00270. The van der Waals surface area contributed by atoms with Gasteiger partial charge in [0.25, 0.3) is 0 Å². The maximum Gasteiger partial charge on any atom is 0.312 e. The van der Waals surface area contributed by atoms with Crippen molar-refractivity contribution >= 4 is 17.6 Å². The van der Waals surface area contributed by atoms with Gasteiger partial charge < -0.3 is 15.9 Å². The maximum absolute atomic E-state index is 10.9. The molecule has 0 aliphatic rings. The Hall–Kier alpha value is -1.26. The molecule has 0 heterocycles.